The maximum atomic E-state index is 4.49. The molecule has 1 saturated carbocycles. The fraction of sp³-hybridized carbons (Fsp3) is 0.471. The lowest BCUT2D eigenvalue weighted by Gasteiger charge is -2.24. The van der Waals surface area contributed by atoms with Crippen LogP contribution < -0.4 is 5.32 Å². The fourth-order valence-electron chi connectivity index (χ4n) is 3.06. The Morgan fingerprint density at radius 3 is 2.90 bits per heavy atom. The Hall–Kier alpha value is -1.77. The van der Waals surface area contributed by atoms with E-state index in [9.17, 15) is 0 Å². The lowest BCUT2D eigenvalue weighted by Crippen LogP contribution is -2.14. The molecule has 0 atom stereocenters. The minimum absolute atomic E-state index is 0.614. The van der Waals surface area contributed by atoms with E-state index in [0.29, 0.717) is 6.04 Å². The van der Waals surface area contributed by atoms with Crippen LogP contribution in [-0.2, 0) is 6.42 Å². The van der Waals surface area contributed by atoms with Crippen molar-refractivity contribution in [2.24, 2.45) is 0 Å². The topological polar surface area (TPSA) is 29.9 Å². The van der Waals surface area contributed by atoms with Crippen molar-refractivity contribution in [3.05, 3.63) is 42.2 Å². The molecule has 3 rings (SSSR count). The number of nitrogens with zero attached hydrogens (tertiary/aromatic N) is 2. The van der Waals surface area contributed by atoms with E-state index in [4.69, 9.17) is 0 Å². The van der Waals surface area contributed by atoms with Crippen LogP contribution in [0, 0.1) is 0 Å². The molecule has 1 aliphatic carbocycles. The third kappa shape index (κ3) is 2.87. The minimum atomic E-state index is 0.614. The maximum absolute atomic E-state index is 4.49. The van der Waals surface area contributed by atoms with Crippen LogP contribution >= 0.6 is 0 Å². The van der Waals surface area contributed by atoms with E-state index in [-0.39, 0.29) is 0 Å². The Kier molecular flexibility index (Phi) is 4.05. The molecule has 3 nitrogen and oxygen atoms in total. The van der Waals surface area contributed by atoms with Crippen molar-refractivity contribution < 1.29 is 0 Å². The van der Waals surface area contributed by atoms with Crippen LogP contribution in [0.2, 0.25) is 0 Å². The zero-order chi connectivity index (χ0) is 13.8. The first kappa shape index (κ1) is 13.2. The van der Waals surface area contributed by atoms with E-state index >= 15 is 0 Å². The molecule has 3 heteroatoms. The van der Waals surface area contributed by atoms with Gasteiger partial charge in [-0.3, -0.25) is 0 Å². The first-order chi connectivity index (χ1) is 9.86. The van der Waals surface area contributed by atoms with Crippen molar-refractivity contribution in [2.45, 2.75) is 51.5 Å². The Labute approximate surface area is 121 Å². The molecule has 1 fully saturated rings. The van der Waals surface area contributed by atoms with Crippen molar-refractivity contribution >= 4 is 11.6 Å². The normalized spacial score (nSPS) is 16.2. The molecule has 1 N–H and O–H groups in total. The minimum Gasteiger partial charge on any atom is -0.326 e. The molecule has 0 unspecified atom stereocenters. The summed E-state index contributed by atoms with van der Waals surface area (Å²) < 4.78 is 2.32. The highest BCUT2D eigenvalue weighted by atomic mass is 15.2. The Balaban J connectivity index is 1.78. The van der Waals surface area contributed by atoms with Gasteiger partial charge in [-0.1, -0.05) is 38.3 Å². The molecular weight excluding hydrogens is 246 g/mol. The van der Waals surface area contributed by atoms with Crippen LogP contribution in [0.15, 0.2) is 36.7 Å². The number of rotatable bonds is 4. The second-order valence-electron chi connectivity index (χ2n) is 5.63. The van der Waals surface area contributed by atoms with Crippen molar-refractivity contribution in [2.75, 3.05) is 5.32 Å². The van der Waals surface area contributed by atoms with Gasteiger partial charge in [-0.25, -0.2) is 4.98 Å². The highest BCUT2D eigenvalue weighted by molar-refractivity contribution is 5.54. The third-order valence-corrected chi connectivity index (χ3v) is 4.23. The zero-order valence-electron chi connectivity index (χ0n) is 12.2. The number of hydrogen-bond acceptors (Lipinski definition) is 2. The number of benzene rings is 1. The average molecular weight is 269 g/mol. The lowest BCUT2D eigenvalue weighted by atomic mass is 9.95. The summed E-state index contributed by atoms with van der Waals surface area (Å²) in [5.41, 5.74) is 2.48. The summed E-state index contributed by atoms with van der Waals surface area (Å²) in [6.45, 7) is 2.18. The second kappa shape index (κ2) is 6.12. The monoisotopic (exact) mass is 269 g/mol. The number of aromatic nitrogens is 2. The zero-order valence-corrected chi connectivity index (χ0v) is 12.2. The van der Waals surface area contributed by atoms with Gasteiger partial charge in [-0.2, -0.15) is 0 Å². The van der Waals surface area contributed by atoms with Crippen molar-refractivity contribution in [3.63, 3.8) is 0 Å². The van der Waals surface area contributed by atoms with Gasteiger partial charge in [0, 0.05) is 24.1 Å². The van der Waals surface area contributed by atoms with E-state index in [1.807, 2.05) is 6.20 Å². The first-order valence-corrected chi connectivity index (χ1v) is 7.75. The molecule has 0 radical (unpaired) electrons. The van der Waals surface area contributed by atoms with Gasteiger partial charge in [0.25, 0.3) is 0 Å². The molecule has 106 valence electrons. The lowest BCUT2D eigenvalue weighted by molar-refractivity contribution is 0.356. The van der Waals surface area contributed by atoms with Gasteiger partial charge < -0.3 is 9.88 Å². The summed E-state index contributed by atoms with van der Waals surface area (Å²) in [6, 6.07) is 9.20. The number of nitrogens with one attached hydrogen (secondary N) is 1. The summed E-state index contributed by atoms with van der Waals surface area (Å²) in [5.74, 6) is 0.977. The van der Waals surface area contributed by atoms with Gasteiger partial charge in [-0.05, 0) is 37.0 Å². The largest absolute Gasteiger partial charge is 0.326 e. The third-order valence-electron chi connectivity index (χ3n) is 4.23. The molecule has 1 aromatic heterocycles. The molecule has 0 spiro atoms. The molecule has 1 aromatic carbocycles. The van der Waals surface area contributed by atoms with Crippen LogP contribution in [0.4, 0.5) is 11.6 Å². The molecule has 0 saturated heterocycles. The van der Waals surface area contributed by atoms with Crippen LogP contribution in [-0.4, -0.2) is 9.55 Å². The predicted octanol–water partition coefficient (Wildman–Crippen LogP) is 4.69. The molecule has 1 heterocycles. The molecular formula is C17H23N3. The van der Waals surface area contributed by atoms with Gasteiger partial charge in [0.2, 0.25) is 5.95 Å². The summed E-state index contributed by atoms with van der Waals surface area (Å²) in [7, 11) is 0. The molecule has 0 amide bonds. The molecule has 20 heavy (non-hydrogen) atoms. The smallest absolute Gasteiger partial charge is 0.207 e. The Bertz CT molecular complexity index is 553. The summed E-state index contributed by atoms with van der Waals surface area (Å²) >= 11 is 0. The van der Waals surface area contributed by atoms with E-state index in [0.717, 1.165) is 18.1 Å². The van der Waals surface area contributed by atoms with Gasteiger partial charge in [0.1, 0.15) is 0 Å². The van der Waals surface area contributed by atoms with Crippen LogP contribution in [0.3, 0.4) is 0 Å². The first-order valence-electron chi connectivity index (χ1n) is 7.75. The second-order valence-corrected chi connectivity index (χ2v) is 5.63. The standard InChI is InChI=1S/C17H23N3/c1-2-14-7-6-8-15(13-14)19-17-18-11-12-20(17)16-9-4-3-5-10-16/h6-8,11-13,16H,2-5,9-10H2,1H3,(H,18,19). The highest BCUT2D eigenvalue weighted by Crippen LogP contribution is 2.31. The van der Waals surface area contributed by atoms with Crippen LogP contribution in [0.1, 0.15) is 50.6 Å². The fourth-order valence-corrected chi connectivity index (χ4v) is 3.06. The van der Waals surface area contributed by atoms with Crippen molar-refractivity contribution in [1.29, 1.82) is 0 Å². The average Bonchev–Trinajstić information content (AvgIpc) is 2.96. The molecule has 0 bridgehead atoms. The maximum Gasteiger partial charge on any atom is 0.207 e. The number of hydrogen-bond donors (Lipinski definition) is 1. The number of aryl methyl sites for hydroxylation is 1. The van der Waals surface area contributed by atoms with Crippen molar-refractivity contribution in [1.82, 2.24) is 9.55 Å². The Morgan fingerprint density at radius 1 is 1.25 bits per heavy atom. The molecule has 0 aliphatic heterocycles. The summed E-state index contributed by atoms with van der Waals surface area (Å²) in [6.07, 6.45) is 11.7. The van der Waals surface area contributed by atoms with E-state index < -0.39 is 0 Å². The summed E-state index contributed by atoms with van der Waals surface area (Å²) in [4.78, 5) is 4.49. The molecule has 1 aliphatic rings. The molecule has 2 aromatic rings. The number of imidazole rings is 1. The van der Waals surface area contributed by atoms with Gasteiger partial charge in [0.05, 0.1) is 0 Å². The summed E-state index contributed by atoms with van der Waals surface area (Å²) in [5, 5.41) is 3.48. The van der Waals surface area contributed by atoms with E-state index in [1.54, 1.807) is 0 Å². The van der Waals surface area contributed by atoms with Gasteiger partial charge in [0.15, 0.2) is 0 Å². The van der Waals surface area contributed by atoms with E-state index in [1.165, 1.54) is 37.7 Å². The van der Waals surface area contributed by atoms with Gasteiger partial charge in [-0.15, -0.1) is 0 Å². The number of anilines is 2. The van der Waals surface area contributed by atoms with Gasteiger partial charge >= 0.3 is 0 Å². The van der Waals surface area contributed by atoms with Crippen LogP contribution in [0.5, 0.6) is 0 Å². The highest BCUT2D eigenvalue weighted by Gasteiger charge is 2.17. The van der Waals surface area contributed by atoms with Crippen LogP contribution in [0.25, 0.3) is 0 Å². The van der Waals surface area contributed by atoms with E-state index in [2.05, 4.69) is 52.3 Å². The predicted molar refractivity (Wildman–Crippen MR) is 83.5 cm³/mol. The quantitative estimate of drug-likeness (QED) is 0.872. The Morgan fingerprint density at radius 2 is 2.10 bits per heavy atom. The SMILES string of the molecule is CCc1cccc(Nc2nccn2C2CCCCC2)c1. The van der Waals surface area contributed by atoms with Crippen molar-refractivity contribution in [3.8, 4) is 0 Å².